The van der Waals surface area contributed by atoms with Gasteiger partial charge >= 0.3 is 0 Å². The van der Waals surface area contributed by atoms with Crippen molar-refractivity contribution in [2.24, 2.45) is 0 Å². The topological polar surface area (TPSA) is 19.7 Å². The maximum atomic E-state index is 2.52. The molecule has 0 saturated carbocycles. The standard InChI is InChI=1S/C64H44N4/c1-3-19-43(20-4-1)61-53-27-11-17-33-59(53)67(47-39-35-45(36-40-47)65-55-29-13-7-23-49(55)50-24-8-14-30-56(50)65)63(61)64-62(44-21-5-2-6-22-44)54-28-12-18-34-60(54)68(64)48-41-37-46(38-42-48)66-57-31-15-9-25-51(57)52-26-10-16-32-58(52)66/h1-15,17-31,33-42H,16,32H2. The van der Waals surface area contributed by atoms with E-state index in [1.807, 2.05) is 0 Å². The molecule has 320 valence electrons. The Morgan fingerprint density at radius 3 is 1.07 bits per heavy atom. The van der Waals surface area contributed by atoms with Crippen molar-refractivity contribution in [3.05, 3.63) is 248 Å². The predicted molar refractivity (Wildman–Crippen MR) is 285 cm³/mol. The summed E-state index contributed by atoms with van der Waals surface area (Å²) in [5.74, 6) is 0. The Morgan fingerprint density at radius 1 is 0.279 bits per heavy atom. The first kappa shape index (κ1) is 38.4. The molecular weight excluding hydrogens is 825 g/mol. The van der Waals surface area contributed by atoms with Crippen molar-refractivity contribution in [2.45, 2.75) is 12.8 Å². The van der Waals surface area contributed by atoms with Crippen molar-refractivity contribution in [3.63, 3.8) is 0 Å². The smallest absolute Gasteiger partial charge is 0.0795 e. The van der Waals surface area contributed by atoms with Crippen molar-refractivity contribution in [1.29, 1.82) is 0 Å². The summed E-state index contributed by atoms with van der Waals surface area (Å²) < 4.78 is 9.93. The van der Waals surface area contributed by atoms with E-state index in [9.17, 15) is 0 Å². The van der Waals surface area contributed by atoms with Crippen LogP contribution in [0.25, 0.3) is 117 Å². The molecule has 1 aliphatic rings. The average molecular weight is 869 g/mol. The number of fused-ring (bicyclic) bond motifs is 8. The molecule has 0 spiro atoms. The monoisotopic (exact) mass is 868 g/mol. The van der Waals surface area contributed by atoms with Crippen LogP contribution in [0.15, 0.2) is 237 Å². The molecule has 4 aromatic heterocycles. The lowest BCUT2D eigenvalue weighted by Crippen LogP contribution is -2.06. The van der Waals surface area contributed by atoms with E-state index in [1.165, 1.54) is 82.7 Å². The fraction of sp³-hybridized carbons (Fsp3) is 0.0312. The largest absolute Gasteiger partial charge is 0.313 e. The summed E-state index contributed by atoms with van der Waals surface area (Å²) >= 11 is 0. The highest BCUT2D eigenvalue weighted by atomic mass is 15.1. The molecule has 0 fully saturated rings. The van der Waals surface area contributed by atoms with Crippen LogP contribution in [0.1, 0.15) is 17.7 Å². The molecule has 1 aliphatic carbocycles. The Labute approximate surface area is 394 Å². The quantitative estimate of drug-likeness (QED) is 0.152. The Balaban J connectivity index is 1.06. The van der Waals surface area contributed by atoms with Crippen LogP contribution >= 0.6 is 0 Å². The number of benzene rings is 9. The highest BCUT2D eigenvalue weighted by Gasteiger charge is 2.30. The van der Waals surface area contributed by atoms with Crippen LogP contribution in [0.5, 0.6) is 0 Å². The predicted octanol–water partition coefficient (Wildman–Crippen LogP) is 16.6. The van der Waals surface area contributed by atoms with Gasteiger partial charge in [0.1, 0.15) is 0 Å². The summed E-state index contributed by atoms with van der Waals surface area (Å²) in [5.41, 5.74) is 20.2. The third kappa shape index (κ3) is 5.74. The molecule has 0 saturated heterocycles. The van der Waals surface area contributed by atoms with E-state index < -0.39 is 0 Å². The van der Waals surface area contributed by atoms with Crippen LogP contribution < -0.4 is 0 Å². The minimum atomic E-state index is 1.02. The van der Waals surface area contributed by atoms with Crippen LogP contribution in [0, 0.1) is 0 Å². The minimum absolute atomic E-state index is 1.02. The first-order chi connectivity index (χ1) is 33.8. The number of rotatable bonds is 7. The van der Waals surface area contributed by atoms with E-state index >= 15 is 0 Å². The van der Waals surface area contributed by atoms with Crippen molar-refractivity contribution in [2.75, 3.05) is 0 Å². The molecule has 9 aromatic carbocycles. The highest BCUT2D eigenvalue weighted by molar-refractivity contribution is 6.13. The first-order valence-corrected chi connectivity index (χ1v) is 23.7. The zero-order valence-corrected chi connectivity index (χ0v) is 37.3. The summed E-state index contributed by atoms with van der Waals surface area (Å²) in [6.07, 6.45) is 6.69. The molecule has 4 nitrogen and oxygen atoms in total. The van der Waals surface area contributed by atoms with Crippen LogP contribution in [0.4, 0.5) is 0 Å². The lowest BCUT2D eigenvalue weighted by atomic mass is 9.95. The van der Waals surface area contributed by atoms with E-state index in [4.69, 9.17) is 0 Å². The molecule has 4 heteroatoms. The lowest BCUT2D eigenvalue weighted by molar-refractivity contribution is 0.888. The summed E-state index contributed by atoms with van der Waals surface area (Å²) in [5, 5.41) is 6.21. The van der Waals surface area contributed by atoms with Gasteiger partial charge in [0.25, 0.3) is 0 Å². The Morgan fingerprint density at radius 2 is 0.618 bits per heavy atom. The van der Waals surface area contributed by atoms with Crippen LogP contribution in [0.3, 0.4) is 0 Å². The second-order valence-electron chi connectivity index (χ2n) is 17.9. The molecule has 0 radical (unpaired) electrons. The van der Waals surface area contributed by atoms with Gasteiger partial charge in [-0.1, -0.05) is 164 Å². The van der Waals surface area contributed by atoms with Gasteiger partial charge < -0.3 is 18.3 Å². The van der Waals surface area contributed by atoms with Crippen LogP contribution in [-0.4, -0.2) is 18.3 Å². The SMILES string of the molecule is C1=Cc2c(n(-c3ccc(-n4c(-c5c(-c6ccccc6)c6ccccc6n5-c5ccc(-n6c7ccccc7c7ccccc76)cc5)c(-c5ccccc5)c5ccccc54)cc3)c3ccccc23)CC1. The molecule has 0 atom stereocenters. The van der Waals surface area contributed by atoms with Gasteiger partial charge in [-0.25, -0.2) is 0 Å². The van der Waals surface area contributed by atoms with Gasteiger partial charge in [-0.05, 0) is 103 Å². The third-order valence-corrected chi connectivity index (χ3v) is 14.3. The second kappa shape index (κ2) is 15.4. The summed E-state index contributed by atoms with van der Waals surface area (Å²) in [4.78, 5) is 0. The van der Waals surface area contributed by atoms with Crippen molar-refractivity contribution < 1.29 is 0 Å². The maximum Gasteiger partial charge on any atom is 0.0795 e. The Bertz CT molecular complexity index is 4050. The lowest BCUT2D eigenvalue weighted by Gasteiger charge is -2.20. The fourth-order valence-electron chi connectivity index (χ4n) is 11.4. The van der Waals surface area contributed by atoms with Crippen LogP contribution in [-0.2, 0) is 6.42 Å². The van der Waals surface area contributed by atoms with E-state index in [-0.39, 0.29) is 0 Å². The van der Waals surface area contributed by atoms with Gasteiger partial charge in [-0.2, -0.15) is 0 Å². The summed E-state index contributed by atoms with van der Waals surface area (Å²) in [6.45, 7) is 0. The van der Waals surface area contributed by atoms with Gasteiger partial charge in [-0.15, -0.1) is 0 Å². The number of hydrogen-bond acceptors (Lipinski definition) is 0. The van der Waals surface area contributed by atoms with Gasteiger partial charge in [0, 0.05) is 72.1 Å². The van der Waals surface area contributed by atoms with Gasteiger partial charge in [-0.3, -0.25) is 0 Å². The van der Waals surface area contributed by atoms with Gasteiger partial charge in [0.2, 0.25) is 0 Å². The van der Waals surface area contributed by atoms with E-state index in [1.54, 1.807) is 0 Å². The second-order valence-corrected chi connectivity index (χ2v) is 17.9. The Hall–Kier alpha value is -8.86. The molecule has 68 heavy (non-hydrogen) atoms. The molecule has 13 aromatic rings. The van der Waals surface area contributed by atoms with Gasteiger partial charge in [0.05, 0.1) is 39.0 Å². The molecule has 0 bridgehead atoms. The number of para-hydroxylation sites is 5. The number of hydrogen-bond donors (Lipinski definition) is 0. The van der Waals surface area contributed by atoms with Crippen molar-refractivity contribution in [1.82, 2.24) is 18.3 Å². The Kier molecular flexibility index (Phi) is 8.68. The van der Waals surface area contributed by atoms with E-state index in [0.717, 1.165) is 52.3 Å². The van der Waals surface area contributed by atoms with Crippen molar-refractivity contribution >= 4 is 60.6 Å². The molecule has 0 N–H and O–H groups in total. The normalized spacial score (nSPS) is 12.5. The number of nitrogens with zero attached hydrogens (tertiary/aromatic N) is 4. The number of allylic oxidation sites excluding steroid dienone is 1. The fourth-order valence-corrected chi connectivity index (χ4v) is 11.4. The zero-order chi connectivity index (χ0) is 44.7. The maximum absolute atomic E-state index is 2.52. The van der Waals surface area contributed by atoms with Crippen LogP contribution in [0.2, 0.25) is 0 Å². The summed E-state index contributed by atoms with van der Waals surface area (Å²) in [6, 6.07) is 84.7. The molecular formula is C64H44N4. The average Bonchev–Trinajstić information content (AvgIpc) is 4.14. The first-order valence-electron chi connectivity index (χ1n) is 23.7. The molecule has 0 aliphatic heterocycles. The zero-order valence-electron chi connectivity index (χ0n) is 37.3. The van der Waals surface area contributed by atoms with Crippen molar-refractivity contribution in [3.8, 4) is 56.4 Å². The summed E-state index contributed by atoms with van der Waals surface area (Å²) in [7, 11) is 0. The molecule has 0 unspecified atom stereocenters. The minimum Gasteiger partial charge on any atom is -0.313 e. The molecule has 4 heterocycles. The molecule has 0 amide bonds. The highest BCUT2D eigenvalue weighted by Crippen LogP contribution is 2.50. The van der Waals surface area contributed by atoms with E-state index in [2.05, 4.69) is 261 Å². The van der Waals surface area contributed by atoms with E-state index in [0.29, 0.717) is 0 Å². The van der Waals surface area contributed by atoms with Gasteiger partial charge in [0.15, 0.2) is 0 Å². The molecule has 14 rings (SSSR count). The third-order valence-electron chi connectivity index (χ3n) is 14.3. The number of aromatic nitrogens is 4.